The zero-order valence-electron chi connectivity index (χ0n) is 11.1. The van der Waals surface area contributed by atoms with Crippen molar-refractivity contribution in [2.75, 3.05) is 58.7 Å². The Balaban J connectivity index is 1.71. The second kappa shape index (κ2) is 6.51. The molecule has 2 heterocycles. The van der Waals surface area contributed by atoms with Crippen molar-refractivity contribution in [1.82, 2.24) is 19.8 Å². The van der Waals surface area contributed by atoms with E-state index in [1.807, 2.05) is 0 Å². The minimum Gasteiger partial charge on any atom is -0.481 e. The van der Waals surface area contributed by atoms with Gasteiger partial charge in [0, 0.05) is 51.5 Å². The maximum Gasteiger partial charge on any atom is 0.225 e. The number of rotatable bonds is 5. The number of hydrogen-bond donors (Lipinski definition) is 1. The maximum absolute atomic E-state index is 5.06. The second-order valence-electron chi connectivity index (χ2n) is 4.49. The van der Waals surface area contributed by atoms with Crippen LogP contribution in [-0.4, -0.2) is 73.2 Å². The Kier molecular flexibility index (Phi) is 4.72. The van der Waals surface area contributed by atoms with Gasteiger partial charge in [0.15, 0.2) is 0 Å². The Labute approximate surface area is 108 Å². The Morgan fingerprint density at radius 1 is 1.33 bits per heavy atom. The molecule has 0 atom stereocenters. The van der Waals surface area contributed by atoms with Crippen molar-refractivity contribution in [2.45, 2.75) is 0 Å². The molecule has 1 N–H and O–H groups in total. The third-order valence-electron chi connectivity index (χ3n) is 3.15. The number of aromatic nitrogens is 2. The van der Waals surface area contributed by atoms with Crippen LogP contribution in [0.5, 0.6) is 5.88 Å². The summed E-state index contributed by atoms with van der Waals surface area (Å²) in [7, 11) is 3.77. The van der Waals surface area contributed by atoms with E-state index in [2.05, 4.69) is 32.1 Å². The number of piperazine rings is 1. The molecule has 0 aliphatic carbocycles. The van der Waals surface area contributed by atoms with Gasteiger partial charge < -0.3 is 15.0 Å². The van der Waals surface area contributed by atoms with Crippen LogP contribution in [0.3, 0.4) is 0 Å². The molecule has 1 aromatic heterocycles. The summed E-state index contributed by atoms with van der Waals surface area (Å²) < 4.78 is 5.06. The standard InChI is InChI=1S/C12H21N5O/c1-16-7-9-17(10-8-16)6-5-14-12-13-4-3-11(15-12)18-2/h3-4H,5-10H2,1-2H3,(H,13,14,15). The van der Waals surface area contributed by atoms with Gasteiger partial charge in [-0.05, 0) is 7.05 Å². The lowest BCUT2D eigenvalue weighted by molar-refractivity contribution is 0.158. The molecule has 0 spiro atoms. The van der Waals surface area contributed by atoms with Gasteiger partial charge >= 0.3 is 0 Å². The van der Waals surface area contributed by atoms with Crippen LogP contribution in [0.15, 0.2) is 12.3 Å². The zero-order valence-corrected chi connectivity index (χ0v) is 11.1. The van der Waals surface area contributed by atoms with Gasteiger partial charge in [0.1, 0.15) is 0 Å². The minimum atomic E-state index is 0.590. The highest BCUT2D eigenvalue weighted by Gasteiger charge is 2.12. The van der Waals surface area contributed by atoms with Gasteiger partial charge in [0.2, 0.25) is 11.8 Å². The van der Waals surface area contributed by atoms with E-state index >= 15 is 0 Å². The van der Waals surface area contributed by atoms with Gasteiger partial charge in [0.25, 0.3) is 0 Å². The number of hydrogen-bond acceptors (Lipinski definition) is 6. The van der Waals surface area contributed by atoms with Crippen molar-refractivity contribution in [3.63, 3.8) is 0 Å². The Morgan fingerprint density at radius 3 is 2.83 bits per heavy atom. The highest BCUT2D eigenvalue weighted by molar-refractivity contribution is 5.27. The van der Waals surface area contributed by atoms with E-state index in [0.29, 0.717) is 11.8 Å². The molecule has 0 bridgehead atoms. The average Bonchev–Trinajstić information content (AvgIpc) is 2.41. The maximum atomic E-state index is 5.06. The fraction of sp³-hybridized carbons (Fsp3) is 0.667. The molecule has 1 saturated heterocycles. The van der Waals surface area contributed by atoms with Crippen LogP contribution < -0.4 is 10.1 Å². The molecule has 0 radical (unpaired) electrons. The van der Waals surface area contributed by atoms with Crippen molar-refractivity contribution in [3.8, 4) is 5.88 Å². The average molecular weight is 251 g/mol. The molecule has 0 aromatic carbocycles. The van der Waals surface area contributed by atoms with Crippen LogP contribution in [0.2, 0.25) is 0 Å². The van der Waals surface area contributed by atoms with Gasteiger partial charge in [-0.3, -0.25) is 4.90 Å². The number of likely N-dealkylation sites (N-methyl/N-ethyl adjacent to an activating group) is 1. The summed E-state index contributed by atoms with van der Waals surface area (Å²) in [4.78, 5) is 13.2. The third kappa shape index (κ3) is 3.82. The number of nitrogens with zero attached hydrogens (tertiary/aromatic N) is 4. The van der Waals surface area contributed by atoms with Crippen molar-refractivity contribution in [3.05, 3.63) is 12.3 Å². The summed E-state index contributed by atoms with van der Waals surface area (Å²) in [5.41, 5.74) is 0. The molecular weight excluding hydrogens is 230 g/mol. The molecule has 0 unspecified atom stereocenters. The zero-order chi connectivity index (χ0) is 12.8. The summed E-state index contributed by atoms with van der Waals surface area (Å²) in [5, 5.41) is 3.22. The molecule has 0 amide bonds. The Morgan fingerprint density at radius 2 is 2.11 bits per heavy atom. The van der Waals surface area contributed by atoms with Crippen molar-refractivity contribution in [2.24, 2.45) is 0 Å². The van der Waals surface area contributed by atoms with E-state index in [1.165, 1.54) is 0 Å². The lowest BCUT2D eigenvalue weighted by Gasteiger charge is -2.32. The van der Waals surface area contributed by atoms with E-state index in [4.69, 9.17) is 4.74 Å². The van der Waals surface area contributed by atoms with Gasteiger partial charge in [-0.1, -0.05) is 0 Å². The van der Waals surface area contributed by atoms with E-state index in [9.17, 15) is 0 Å². The van der Waals surface area contributed by atoms with Gasteiger partial charge in [-0.2, -0.15) is 4.98 Å². The SMILES string of the molecule is COc1ccnc(NCCN2CCN(C)CC2)n1. The largest absolute Gasteiger partial charge is 0.481 e. The van der Waals surface area contributed by atoms with Crippen molar-refractivity contribution >= 4 is 5.95 Å². The Hall–Kier alpha value is -1.40. The molecule has 0 saturated carbocycles. The Bertz CT molecular complexity index is 365. The summed E-state index contributed by atoms with van der Waals surface area (Å²) in [6.45, 7) is 6.45. The summed E-state index contributed by atoms with van der Waals surface area (Å²) in [6, 6.07) is 1.74. The fourth-order valence-electron chi connectivity index (χ4n) is 1.94. The first kappa shape index (κ1) is 13.0. The molecular formula is C12H21N5O. The predicted octanol–water partition coefficient (Wildman–Crippen LogP) is 0.145. The van der Waals surface area contributed by atoms with E-state index in [1.54, 1.807) is 19.4 Å². The summed E-state index contributed by atoms with van der Waals surface area (Å²) in [6.07, 6.45) is 1.70. The molecule has 1 fully saturated rings. The van der Waals surface area contributed by atoms with Gasteiger partial charge in [-0.15, -0.1) is 0 Å². The van der Waals surface area contributed by atoms with Gasteiger partial charge in [-0.25, -0.2) is 4.98 Å². The predicted molar refractivity (Wildman–Crippen MR) is 71.0 cm³/mol. The second-order valence-corrected chi connectivity index (χ2v) is 4.49. The molecule has 6 heteroatoms. The first-order chi connectivity index (χ1) is 8.78. The van der Waals surface area contributed by atoms with Crippen LogP contribution in [0.4, 0.5) is 5.95 Å². The van der Waals surface area contributed by atoms with E-state index in [-0.39, 0.29) is 0 Å². The lowest BCUT2D eigenvalue weighted by Crippen LogP contribution is -2.45. The topological polar surface area (TPSA) is 53.5 Å². The molecule has 1 aliphatic heterocycles. The van der Waals surface area contributed by atoms with Gasteiger partial charge in [0.05, 0.1) is 7.11 Å². The van der Waals surface area contributed by atoms with E-state index < -0.39 is 0 Å². The minimum absolute atomic E-state index is 0.590. The summed E-state index contributed by atoms with van der Waals surface area (Å²) in [5.74, 6) is 1.22. The highest BCUT2D eigenvalue weighted by Crippen LogP contribution is 2.06. The smallest absolute Gasteiger partial charge is 0.225 e. The van der Waals surface area contributed by atoms with Crippen LogP contribution >= 0.6 is 0 Å². The molecule has 1 aromatic rings. The normalized spacial score (nSPS) is 17.7. The number of methoxy groups -OCH3 is 1. The highest BCUT2D eigenvalue weighted by atomic mass is 16.5. The van der Waals surface area contributed by atoms with Crippen LogP contribution in [-0.2, 0) is 0 Å². The third-order valence-corrected chi connectivity index (χ3v) is 3.15. The molecule has 100 valence electrons. The number of anilines is 1. The van der Waals surface area contributed by atoms with Crippen molar-refractivity contribution < 1.29 is 4.74 Å². The lowest BCUT2D eigenvalue weighted by atomic mass is 10.3. The number of ether oxygens (including phenoxy) is 1. The summed E-state index contributed by atoms with van der Waals surface area (Å²) >= 11 is 0. The monoisotopic (exact) mass is 251 g/mol. The molecule has 1 aliphatic rings. The molecule has 2 rings (SSSR count). The first-order valence-electron chi connectivity index (χ1n) is 6.30. The molecule has 6 nitrogen and oxygen atoms in total. The first-order valence-corrected chi connectivity index (χ1v) is 6.30. The van der Waals surface area contributed by atoms with Crippen molar-refractivity contribution in [1.29, 1.82) is 0 Å². The van der Waals surface area contributed by atoms with Crippen LogP contribution in [0.1, 0.15) is 0 Å². The number of nitrogens with one attached hydrogen (secondary N) is 1. The molecule has 18 heavy (non-hydrogen) atoms. The van der Waals surface area contributed by atoms with Crippen LogP contribution in [0.25, 0.3) is 0 Å². The van der Waals surface area contributed by atoms with Crippen LogP contribution in [0, 0.1) is 0 Å². The fourth-order valence-corrected chi connectivity index (χ4v) is 1.94. The quantitative estimate of drug-likeness (QED) is 0.803. The van der Waals surface area contributed by atoms with E-state index in [0.717, 1.165) is 39.3 Å².